The summed E-state index contributed by atoms with van der Waals surface area (Å²) in [6.45, 7) is 8.40. The first-order valence-corrected chi connectivity index (χ1v) is 28.1. The highest BCUT2D eigenvalue weighted by Crippen LogP contribution is 2.61. The van der Waals surface area contributed by atoms with E-state index in [1.54, 1.807) is 0 Å². The van der Waals surface area contributed by atoms with Gasteiger partial charge < -0.3 is 55.6 Å². The third-order valence-electron chi connectivity index (χ3n) is 12.1. The van der Waals surface area contributed by atoms with Crippen LogP contribution in [0.2, 0.25) is 0 Å². The van der Waals surface area contributed by atoms with Gasteiger partial charge in [0.25, 0.3) is 6.47 Å². The zero-order valence-corrected chi connectivity index (χ0v) is 44.4. The van der Waals surface area contributed by atoms with E-state index in [9.17, 15) is 62.7 Å². The Morgan fingerprint density at radius 3 is 2.16 bits per heavy atom. The van der Waals surface area contributed by atoms with Crippen LogP contribution in [0.3, 0.4) is 0 Å². The zero-order chi connectivity index (χ0) is 54.4. The van der Waals surface area contributed by atoms with Crippen LogP contribution < -0.4 is 16.4 Å². The minimum absolute atomic E-state index is 0.00379. The number of aryl methyl sites for hydroxylation is 2. The summed E-state index contributed by atoms with van der Waals surface area (Å²) in [6.07, 6.45) is 1.19. The van der Waals surface area contributed by atoms with Crippen LogP contribution in [-0.2, 0) is 73.1 Å². The van der Waals surface area contributed by atoms with Gasteiger partial charge in [-0.2, -0.15) is 4.31 Å². The minimum Gasteiger partial charge on any atom is -0.462 e. The second kappa shape index (κ2) is 26.6. The number of phosphoric ester groups is 3. The van der Waals surface area contributed by atoms with Crippen molar-refractivity contribution >= 4 is 64.5 Å². The maximum atomic E-state index is 13.1. The number of ether oxygens (including phenoxy) is 2. The normalized spacial score (nSPS) is 19.7. The van der Waals surface area contributed by atoms with Crippen LogP contribution in [0.15, 0.2) is 36.9 Å². The largest absolute Gasteiger partial charge is 0.481 e. The van der Waals surface area contributed by atoms with Gasteiger partial charge in [0.1, 0.15) is 47.6 Å². The first-order chi connectivity index (χ1) is 33.9. The number of fused-ring (bicyclic) bond motifs is 1. The molecular weight excluding hydrogens is 1020 g/mol. The van der Waals surface area contributed by atoms with Crippen LogP contribution in [-0.4, -0.2) is 130 Å². The van der Waals surface area contributed by atoms with Crippen molar-refractivity contribution in [1.82, 2.24) is 30.2 Å². The summed E-state index contributed by atoms with van der Waals surface area (Å²) < 4.78 is 67.7. The molecule has 3 heterocycles. The van der Waals surface area contributed by atoms with E-state index in [0.29, 0.717) is 12.9 Å². The highest BCUT2D eigenvalue weighted by Gasteiger charge is 2.50. The number of Topliss-reactive ketones (excluding diaryl/α,β-unsaturated/α-hetero) is 1. The minimum atomic E-state index is -5.60. The summed E-state index contributed by atoms with van der Waals surface area (Å²) in [7, 11) is -16.5. The van der Waals surface area contributed by atoms with Gasteiger partial charge in [-0.3, -0.25) is 37.3 Å². The number of aliphatic hydroxyl groups excluding tert-OH is 2. The molecule has 10 N–H and O–H groups in total. The fraction of sp³-hybridized carbons (Fsp3) is 0.659. The Morgan fingerprint density at radius 1 is 0.877 bits per heavy atom. The Labute approximate surface area is 422 Å². The molecule has 0 saturated carbocycles. The molecule has 73 heavy (non-hydrogen) atoms. The molecule has 1 aliphatic heterocycles. The first kappa shape index (κ1) is 61.4. The number of carbonyl (C=O) groups is 4. The second-order valence-corrected chi connectivity index (χ2v) is 23.9. The number of rotatable bonds is 33. The molecule has 0 radical (unpaired) electrons. The van der Waals surface area contributed by atoms with E-state index in [1.807, 2.05) is 27.7 Å². The van der Waals surface area contributed by atoms with Crippen molar-refractivity contribution in [3.8, 4) is 0 Å². The summed E-state index contributed by atoms with van der Waals surface area (Å²) in [5.74, 6) is -1.51. The molecule has 410 valence electrons. The number of hydrogen-bond donors (Lipinski definition) is 9. The number of phosphoric acid groups is 3. The van der Waals surface area contributed by atoms with E-state index in [-0.39, 0.29) is 48.7 Å². The van der Waals surface area contributed by atoms with E-state index in [0.717, 1.165) is 68.6 Å². The van der Waals surface area contributed by atoms with Crippen LogP contribution in [0, 0.1) is 10.8 Å². The molecule has 29 heteroatoms. The lowest BCUT2D eigenvalue weighted by atomic mass is 9.81. The molecule has 0 aliphatic carbocycles. The fourth-order valence-electron chi connectivity index (χ4n) is 7.82. The molecule has 7 atom stereocenters. The van der Waals surface area contributed by atoms with Gasteiger partial charge in [0, 0.05) is 36.8 Å². The molecule has 0 spiro atoms. The smallest absolute Gasteiger partial charge is 0.462 e. The van der Waals surface area contributed by atoms with Crippen LogP contribution in [0.4, 0.5) is 5.82 Å². The summed E-state index contributed by atoms with van der Waals surface area (Å²) in [5, 5.41) is 26.7. The number of unbranched alkanes of at least 4 members (excludes halogenated alkanes) is 3. The Balaban J connectivity index is 1.12. The average Bonchev–Trinajstić information content (AvgIpc) is 3.85. The van der Waals surface area contributed by atoms with Crippen LogP contribution >= 0.6 is 23.5 Å². The van der Waals surface area contributed by atoms with E-state index in [4.69, 9.17) is 24.3 Å². The van der Waals surface area contributed by atoms with Crippen LogP contribution in [0.1, 0.15) is 117 Å². The number of aromatic nitrogens is 4. The number of nitrogens with zero attached hydrogens (tertiary/aromatic N) is 4. The maximum absolute atomic E-state index is 13.1. The zero-order valence-electron chi connectivity index (χ0n) is 41.7. The van der Waals surface area contributed by atoms with Gasteiger partial charge in [-0.25, -0.2) is 28.6 Å². The molecule has 3 aromatic rings. The number of nitrogen functional groups attached to an aromatic ring is 1. The predicted molar refractivity (Wildman–Crippen MR) is 260 cm³/mol. The van der Waals surface area contributed by atoms with E-state index in [2.05, 4.69) is 58.7 Å². The predicted octanol–water partition coefficient (Wildman–Crippen LogP) is 3.86. The lowest BCUT2D eigenvalue weighted by Gasteiger charge is -2.30. The molecule has 26 nitrogen and oxygen atoms in total. The third kappa shape index (κ3) is 19.8. The lowest BCUT2D eigenvalue weighted by molar-refractivity contribution is -0.141. The van der Waals surface area contributed by atoms with Gasteiger partial charge in [-0.1, -0.05) is 64.8 Å². The van der Waals surface area contributed by atoms with Crippen molar-refractivity contribution in [1.29, 1.82) is 0 Å². The Morgan fingerprint density at radius 2 is 1.51 bits per heavy atom. The Bertz CT molecular complexity index is 2490. The SMILES string of the molecule is CC(C)(CCCCc1cccc(CCCCCC(C)(C)C(=O)CCNC(=O)CCNC(=O)C(O)C(C)(C)COP(=O)(O)OP(=O)(O)OCC2OC(n3cnc4c(N)ncnc43)C(O)C2OP(=O)(O)O)c1)OC=O. The van der Waals surface area contributed by atoms with E-state index >= 15 is 0 Å². The molecule has 7 unspecified atom stereocenters. The highest BCUT2D eigenvalue weighted by atomic mass is 31.3. The summed E-state index contributed by atoms with van der Waals surface area (Å²) in [4.78, 5) is 100. The highest BCUT2D eigenvalue weighted by molar-refractivity contribution is 7.61. The number of carbonyl (C=O) groups excluding carboxylic acids is 4. The number of imidazole rings is 1. The molecule has 4 rings (SSSR count). The molecule has 2 aromatic heterocycles. The van der Waals surface area contributed by atoms with Crippen molar-refractivity contribution in [2.75, 3.05) is 32.0 Å². The van der Waals surface area contributed by atoms with Crippen molar-refractivity contribution in [3.05, 3.63) is 48.0 Å². The number of hydrogen-bond acceptors (Lipinski definition) is 19. The summed E-state index contributed by atoms with van der Waals surface area (Å²) >= 11 is 0. The number of anilines is 1. The first-order valence-electron chi connectivity index (χ1n) is 23.6. The van der Waals surface area contributed by atoms with Crippen molar-refractivity contribution in [2.24, 2.45) is 10.8 Å². The lowest BCUT2D eigenvalue weighted by Crippen LogP contribution is -2.46. The van der Waals surface area contributed by atoms with Gasteiger partial charge >= 0.3 is 23.5 Å². The molecule has 1 saturated heterocycles. The number of amides is 2. The Hall–Kier alpha value is -4.10. The molecule has 1 aromatic carbocycles. The van der Waals surface area contributed by atoms with Gasteiger partial charge in [0.2, 0.25) is 11.8 Å². The van der Waals surface area contributed by atoms with Crippen molar-refractivity contribution < 1.29 is 90.0 Å². The van der Waals surface area contributed by atoms with Gasteiger partial charge in [-0.05, 0) is 69.9 Å². The van der Waals surface area contributed by atoms with E-state index < -0.39 is 95.6 Å². The topological polar surface area (TPSA) is 390 Å². The number of aliphatic hydroxyl groups is 2. The summed E-state index contributed by atoms with van der Waals surface area (Å²) in [6, 6.07) is 8.55. The maximum Gasteiger partial charge on any atom is 0.481 e. The number of ketones is 1. The van der Waals surface area contributed by atoms with Crippen LogP contribution in [0.25, 0.3) is 11.2 Å². The van der Waals surface area contributed by atoms with Crippen LogP contribution in [0.5, 0.6) is 0 Å². The molecule has 2 amide bonds. The second-order valence-electron chi connectivity index (χ2n) is 19.7. The molecule has 1 fully saturated rings. The van der Waals surface area contributed by atoms with Crippen molar-refractivity contribution in [2.45, 2.75) is 148 Å². The monoisotopic (exact) mass is 1090 g/mol. The number of benzene rings is 1. The standard InChI is InChI=1S/C44H70N7O19P3/c1-42(2,19-10-7-8-13-29-15-12-16-30(23-29)14-9-11-20-44(5,6)65-28-52)32(53)17-21-46-33(54)18-22-47-40(57)37(56)43(3,4)25-67-73(63,64)70-72(61,62)66-24-31-36(69-71(58,59)60)35(55)41(68-31)51-27-50-34-38(45)48-26-49-39(34)51/h12,15-16,23,26-28,31,35-37,41,55-56H,7-11,13-14,17-22,24-25H2,1-6H3,(H,46,54)(H,47,57)(H,61,62)(H,63,64)(H2,45,48,49)(H2,58,59,60). The summed E-state index contributed by atoms with van der Waals surface area (Å²) in [5.41, 5.74) is 5.74. The fourth-order valence-corrected chi connectivity index (χ4v) is 10.6. The number of nitrogens with two attached hydrogens (primary N) is 1. The van der Waals surface area contributed by atoms with E-state index in [1.165, 1.54) is 25.0 Å². The van der Waals surface area contributed by atoms with Gasteiger partial charge in [0.05, 0.1) is 19.5 Å². The number of nitrogens with one attached hydrogen (secondary N) is 2. The molecular formula is C44H70N7O19P3. The van der Waals surface area contributed by atoms with Gasteiger partial charge in [-0.15, -0.1) is 0 Å². The van der Waals surface area contributed by atoms with Gasteiger partial charge in [0.15, 0.2) is 17.7 Å². The third-order valence-corrected chi connectivity index (χ3v) is 15.2. The quantitative estimate of drug-likeness (QED) is 0.0237. The van der Waals surface area contributed by atoms with Crippen molar-refractivity contribution in [3.63, 3.8) is 0 Å². The Kier molecular flexibility index (Phi) is 22.4. The molecule has 1 aliphatic rings. The molecule has 0 bridgehead atoms. The average molecular weight is 1090 g/mol.